The van der Waals surface area contributed by atoms with Gasteiger partial charge in [0.15, 0.2) is 23.3 Å². The standard InChI is InChI=1S/C28H26F4O2/c1-3-17-10-13-23(27(32)24(17)29)28(33)34-20-11-8-19(9-12-20)22-15-14-21(25(30)26(22)31)18-6-4-16(2)5-7-18/h8-16,18H,3-7H2,1-2H3. The van der Waals surface area contributed by atoms with Crippen LogP contribution in [-0.4, -0.2) is 5.97 Å². The molecular weight excluding hydrogens is 444 g/mol. The Labute approximate surface area is 196 Å². The van der Waals surface area contributed by atoms with Crippen molar-refractivity contribution in [3.05, 3.63) is 88.5 Å². The van der Waals surface area contributed by atoms with E-state index in [4.69, 9.17) is 4.74 Å². The van der Waals surface area contributed by atoms with Gasteiger partial charge < -0.3 is 4.74 Å². The van der Waals surface area contributed by atoms with Gasteiger partial charge in [-0.15, -0.1) is 0 Å². The highest BCUT2D eigenvalue weighted by Gasteiger charge is 2.25. The molecule has 3 aromatic rings. The van der Waals surface area contributed by atoms with E-state index in [2.05, 4.69) is 6.92 Å². The number of esters is 1. The van der Waals surface area contributed by atoms with Gasteiger partial charge in [-0.2, -0.15) is 0 Å². The molecule has 4 rings (SSSR count). The summed E-state index contributed by atoms with van der Waals surface area (Å²) in [5.74, 6) is -4.39. The minimum atomic E-state index is -1.26. The van der Waals surface area contributed by atoms with E-state index in [-0.39, 0.29) is 29.2 Å². The van der Waals surface area contributed by atoms with Crippen molar-refractivity contribution < 1.29 is 27.1 Å². The molecule has 0 N–H and O–H groups in total. The summed E-state index contributed by atoms with van der Waals surface area (Å²) in [6.45, 7) is 3.85. The van der Waals surface area contributed by atoms with Gasteiger partial charge in [-0.1, -0.05) is 57.0 Å². The summed E-state index contributed by atoms with van der Waals surface area (Å²) in [5.41, 5.74) is 0.578. The number of halogens is 4. The Balaban J connectivity index is 1.51. The molecule has 178 valence electrons. The molecule has 1 aliphatic carbocycles. The summed E-state index contributed by atoms with van der Waals surface area (Å²) in [7, 11) is 0. The number of rotatable bonds is 5. The Hall–Kier alpha value is -3.15. The monoisotopic (exact) mass is 470 g/mol. The van der Waals surface area contributed by atoms with E-state index < -0.39 is 34.8 Å². The number of ether oxygens (including phenoxy) is 1. The largest absolute Gasteiger partial charge is 0.423 e. The SMILES string of the molecule is CCc1ccc(C(=O)Oc2ccc(-c3ccc(C4CCC(C)CC4)c(F)c3F)cc2)c(F)c1F. The Morgan fingerprint density at radius 3 is 2.15 bits per heavy atom. The zero-order chi connectivity index (χ0) is 24.4. The number of carbonyl (C=O) groups excluding carboxylic acids is 1. The summed E-state index contributed by atoms with van der Waals surface area (Å²) < 4.78 is 63.1. The summed E-state index contributed by atoms with van der Waals surface area (Å²) in [4.78, 5) is 12.3. The van der Waals surface area contributed by atoms with Gasteiger partial charge in [0.2, 0.25) is 0 Å². The second kappa shape index (κ2) is 10.00. The summed E-state index contributed by atoms with van der Waals surface area (Å²) in [5, 5.41) is 0. The molecule has 0 heterocycles. The van der Waals surface area contributed by atoms with Crippen molar-refractivity contribution in [1.82, 2.24) is 0 Å². The summed E-state index contributed by atoms with van der Waals surface area (Å²) in [6, 6.07) is 11.5. The first-order valence-corrected chi connectivity index (χ1v) is 11.6. The smallest absolute Gasteiger partial charge is 0.346 e. The van der Waals surface area contributed by atoms with Crippen molar-refractivity contribution in [2.45, 2.75) is 51.9 Å². The van der Waals surface area contributed by atoms with Crippen LogP contribution in [0, 0.1) is 29.2 Å². The normalized spacial score (nSPS) is 18.1. The van der Waals surface area contributed by atoms with Gasteiger partial charge in [-0.3, -0.25) is 0 Å². The van der Waals surface area contributed by atoms with E-state index >= 15 is 0 Å². The molecule has 0 spiro atoms. The van der Waals surface area contributed by atoms with Crippen LogP contribution in [0.5, 0.6) is 5.75 Å². The lowest BCUT2D eigenvalue weighted by Gasteiger charge is -2.27. The maximum absolute atomic E-state index is 14.9. The molecule has 0 amide bonds. The van der Waals surface area contributed by atoms with Crippen LogP contribution in [0.25, 0.3) is 11.1 Å². The second-order valence-electron chi connectivity index (χ2n) is 8.95. The maximum atomic E-state index is 14.9. The minimum Gasteiger partial charge on any atom is -0.423 e. The van der Waals surface area contributed by atoms with Crippen LogP contribution < -0.4 is 4.74 Å². The number of carbonyl (C=O) groups is 1. The molecule has 3 aromatic carbocycles. The average Bonchev–Trinajstić information content (AvgIpc) is 2.84. The molecule has 0 aliphatic heterocycles. The highest BCUT2D eigenvalue weighted by atomic mass is 19.2. The molecule has 6 heteroatoms. The fourth-order valence-electron chi connectivity index (χ4n) is 4.56. The lowest BCUT2D eigenvalue weighted by Crippen LogP contribution is -2.13. The lowest BCUT2D eigenvalue weighted by molar-refractivity contribution is 0.0728. The molecule has 0 aromatic heterocycles. The zero-order valence-electron chi connectivity index (χ0n) is 19.1. The van der Waals surface area contributed by atoms with E-state index in [1.165, 1.54) is 36.4 Å². The molecule has 1 fully saturated rings. The summed E-state index contributed by atoms with van der Waals surface area (Å²) >= 11 is 0. The van der Waals surface area contributed by atoms with Crippen molar-refractivity contribution in [2.75, 3.05) is 0 Å². The van der Waals surface area contributed by atoms with Crippen LogP contribution in [0.4, 0.5) is 17.6 Å². The van der Waals surface area contributed by atoms with Crippen LogP contribution in [0.1, 0.15) is 66.9 Å². The van der Waals surface area contributed by atoms with Gasteiger partial charge in [0.1, 0.15) is 5.75 Å². The quantitative estimate of drug-likeness (QED) is 0.215. The lowest BCUT2D eigenvalue weighted by atomic mass is 9.79. The topological polar surface area (TPSA) is 26.3 Å². The van der Waals surface area contributed by atoms with Crippen LogP contribution in [0.3, 0.4) is 0 Å². The van der Waals surface area contributed by atoms with Crippen LogP contribution in [-0.2, 0) is 6.42 Å². The van der Waals surface area contributed by atoms with Crippen molar-refractivity contribution in [2.24, 2.45) is 5.92 Å². The molecule has 1 saturated carbocycles. The predicted octanol–water partition coefficient (Wildman–Crippen LogP) is 7.99. The fraction of sp³-hybridized carbons (Fsp3) is 0.321. The van der Waals surface area contributed by atoms with E-state index in [0.29, 0.717) is 17.0 Å². The first kappa shape index (κ1) is 24.0. The number of hydrogen-bond acceptors (Lipinski definition) is 2. The van der Waals surface area contributed by atoms with Crippen LogP contribution >= 0.6 is 0 Å². The molecule has 0 unspecified atom stereocenters. The third-order valence-electron chi connectivity index (χ3n) is 6.71. The molecule has 1 aliphatic rings. The molecule has 0 bridgehead atoms. The van der Waals surface area contributed by atoms with Crippen molar-refractivity contribution >= 4 is 5.97 Å². The maximum Gasteiger partial charge on any atom is 0.346 e. The van der Waals surface area contributed by atoms with E-state index in [1.807, 2.05) is 0 Å². The summed E-state index contributed by atoms with van der Waals surface area (Å²) in [6.07, 6.45) is 4.00. The van der Waals surface area contributed by atoms with Gasteiger partial charge in [-0.25, -0.2) is 22.4 Å². The molecule has 0 saturated heterocycles. The molecule has 34 heavy (non-hydrogen) atoms. The number of benzene rings is 3. The third-order valence-corrected chi connectivity index (χ3v) is 6.71. The highest BCUT2D eigenvalue weighted by Crippen LogP contribution is 2.39. The minimum absolute atomic E-state index is 0.0261. The van der Waals surface area contributed by atoms with Gasteiger partial charge >= 0.3 is 5.97 Å². The van der Waals surface area contributed by atoms with E-state index in [0.717, 1.165) is 25.7 Å². The van der Waals surface area contributed by atoms with E-state index in [9.17, 15) is 22.4 Å². The molecule has 0 atom stereocenters. The molecular formula is C28H26F4O2. The first-order chi connectivity index (χ1) is 16.3. The Kier molecular flexibility index (Phi) is 7.05. The van der Waals surface area contributed by atoms with Gasteiger partial charge in [-0.05, 0) is 66.0 Å². The van der Waals surface area contributed by atoms with Gasteiger partial charge in [0, 0.05) is 5.56 Å². The third kappa shape index (κ3) is 4.72. The van der Waals surface area contributed by atoms with Crippen molar-refractivity contribution in [3.8, 4) is 16.9 Å². The number of aryl methyl sites for hydroxylation is 1. The Morgan fingerprint density at radius 2 is 1.50 bits per heavy atom. The molecule has 0 radical (unpaired) electrons. The van der Waals surface area contributed by atoms with Crippen LogP contribution in [0.15, 0.2) is 48.5 Å². The van der Waals surface area contributed by atoms with Gasteiger partial charge in [0.25, 0.3) is 0 Å². The predicted molar refractivity (Wildman–Crippen MR) is 123 cm³/mol. The Bertz CT molecular complexity index is 1200. The van der Waals surface area contributed by atoms with Crippen molar-refractivity contribution in [1.29, 1.82) is 0 Å². The van der Waals surface area contributed by atoms with Crippen molar-refractivity contribution in [3.63, 3.8) is 0 Å². The van der Waals surface area contributed by atoms with E-state index in [1.54, 1.807) is 19.1 Å². The molecule has 2 nitrogen and oxygen atoms in total. The average molecular weight is 471 g/mol. The zero-order valence-corrected chi connectivity index (χ0v) is 19.1. The first-order valence-electron chi connectivity index (χ1n) is 11.6. The second-order valence-corrected chi connectivity index (χ2v) is 8.95. The number of hydrogen-bond donors (Lipinski definition) is 0. The fourth-order valence-corrected chi connectivity index (χ4v) is 4.56. The highest BCUT2D eigenvalue weighted by molar-refractivity contribution is 5.91. The van der Waals surface area contributed by atoms with Gasteiger partial charge in [0.05, 0.1) is 5.56 Å². The Morgan fingerprint density at radius 1 is 0.824 bits per heavy atom. The van der Waals surface area contributed by atoms with Crippen LogP contribution in [0.2, 0.25) is 0 Å².